The molecule has 1 aliphatic carbocycles. The first kappa shape index (κ1) is 17.5. The number of carbonyl (C=O) groups excluding carboxylic acids is 1. The Hall–Kier alpha value is -2.95. The van der Waals surface area contributed by atoms with E-state index in [4.69, 9.17) is 0 Å². The molecule has 3 aromatic rings. The third kappa shape index (κ3) is 3.92. The van der Waals surface area contributed by atoms with Gasteiger partial charge in [-0.3, -0.25) is 14.2 Å². The number of hydrogen-bond donors (Lipinski definition) is 0. The summed E-state index contributed by atoms with van der Waals surface area (Å²) in [7, 11) is 0. The summed E-state index contributed by atoms with van der Waals surface area (Å²) in [4.78, 5) is 31.7. The Morgan fingerprint density at radius 3 is 2.63 bits per heavy atom. The molecule has 1 aliphatic rings. The van der Waals surface area contributed by atoms with Crippen LogP contribution in [-0.4, -0.2) is 26.4 Å². The summed E-state index contributed by atoms with van der Waals surface area (Å²) in [6.07, 6.45) is 3.98. The smallest absolute Gasteiger partial charge is 0.261 e. The van der Waals surface area contributed by atoms with E-state index in [9.17, 15) is 9.59 Å². The molecule has 0 N–H and O–H groups in total. The molecule has 0 radical (unpaired) electrons. The predicted molar refractivity (Wildman–Crippen MR) is 105 cm³/mol. The van der Waals surface area contributed by atoms with Crippen LogP contribution < -0.4 is 5.56 Å². The average Bonchev–Trinajstić information content (AvgIpc) is 3.52. The zero-order valence-electron chi connectivity index (χ0n) is 15.5. The highest BCUT2D eigenvalue weighted by Crippen LogP contribution is 2.29. The highest BCUT2D eigenvalue weighted by Gasteiger charge is 2.32. The Kier molecular flexibility index (Phi) is 4.75. The molecular weight excluding hydrogens is 338 g/mol. The molecule has 1 amide bonds. The largest absolute Gasteiger partial charge is 0.335 e. The lowest BCUT2D eigenvalue weighted by atomic mass is 10.1. The lowest BCUT2D eigenvalue weighted by molar-refractivity contribution is -0.132. The van der Waals surface area contributed by atoms with Gasteiger partial charge < -0.3 is 4.90 Å². The Labute approximate surface area is 158 Å². The quantitative estimate of drug-likeness (QED) is 0.677. The van der Waals surface area contributed by atoms with Gasteiger partial charge in [0.05, 0.1) is 17.2 Å². The summed E-state index contributed by atoms with van der Waals surface area (Å²) in [6, 6.07) is 15.9. The second-order valence-electron chi connectivity index (χ2n) is 7.25. The van der Waals surface area contributed by atoms with Gasteiger partial charge in [-0.1, -0.05) is 42.0 Å². The van der Waals surface area contributed by atoms with Crippen molar-refractivity contribution in [3.8, 4) is 0 Å². The number of benzene rings is 2. The molecule has 1 heterocycles. The fourth-order valence-corrected chi connectivity index (χ4v) is 3.32. The second kappa shape index (κ2) is 7.35. The molecular formula is C22H23N3O2. The van der Waals surface area contributed by atoms with E-state index in [1.807, 2.05) is 23.1 Å². The van der Waals surface area contributed by atoms with E-state index in [0.29, 0.717) is 36.5 Å². The lowest BCUT2D eigenvalue weighted by Gasteiger charge is -2.23. The first-order chi connectivity index (χ1) is 13.1. The molecule has 0 unspecified atom stereocenters. The zero-order valence-corrected chi connectivity index (χ0v) is 15.5. The van der Waals surface area contributed by atoms with Crippen LogP contribution in [0.4, 0.5) is 0 Å². The predicted octanol–water partition coefficient (Wildman–Crippen LogP) is 3.29. The van der Waals surface area contributed by atoms with Crippen molar-refractivity contribution in [3.05, 3.63) is 76.3 Å². The molecule has 1 aromatic heterocycles. The molecule has 1 saturated carbocycles. The van der Waals surface area contributed by atoms with Gasteiger partial charge in [-0.15, -0.1) is 0 Å². The molecule has 5 heteroatoms. The van der Waals surface area contributed by atoms with Crippen LogP contribution >= 0.6 is 0 Å². The van der Waals surface area contributed by atoms with Gasteiger partial charge in [0, 0.05) is 25.6 Å². The van der Waals surface area contributed by atoms with E-state index in [-0.39, 0.29) is 11.5 Å². The van der Waals surface area contributed by atoms with Crippen molar-refractivity contribution in [2.45, 2.75) is 45.3 Å². The number of aryl methyl sites for hydroxylation is 2. The van der Waals surface area contributed by atoms with E-state index in [0.717, 1.165) is 18.4 Å². The Balaban J connectivity index is 1.46. The molecule has 2 aromatic carbocycles. The number of aromatic nitrogens is 2. The second-order valence-corrected chi connectivity index (χ2v) is 7.25. The summed E-state index contributed by atoms with van der Waals surface area (Å²) in [5.74, 6) is 0.0955. The highest BCUT2D eigenvalue weighted by molar-refractivity contribution is 5.78. The van der Waals surface area contributed by atoms with Gasteiger partial charge in [0.25, 0.3) is 5.56 Å². The topological polar surface area (TPSA) is 55.2 Å². The number of hydrogen-bond acceptors (Lipinski definition) is 3. The highest BCUT2D eigenvalue weighted by atomic mass is 16.2. The molecule has 0 bridgehead atoms. The first-order valence-electron chi connectivity index (χ1n) is 9.41. The van der Waals surface area contributed by atoms with Crippen LogP contribution in [0.2, 0.25) is 0 Å². The monoisotopic (exact) mass is 361 g/mol. The number of fused-ring (bicyclic) bond motifs is 1. The fourth-order valence-electron chi connectivity index (χ4n) is 3.32. The average molecular weight is 361 g/mol. The number of nitrogens with zero attached hydrogens (tertiary/aromatic N) is 3. The first-order valence-corrected chi connectivity index (χ1v) is 9.41. The van der Waals surface area contributed by atoms with Crippen molar-refractivity contribution < 1.29 is 4.79 Å². The van der Waals surface area contributed by atoms with Gasteiger partial charge in [0.15, 0.2) is 0 Å². The van der Waals surface area contributed by atoms with Crippen LogP contribution in [0.15, 0.2) is 59.7 Å². The van der Waals surface area contributed by atoms with Crippen molar-refractivity contribution in [1.29, 1.82) is 0 Å². The summed E-state index contributed by atoms with van der Waals surface area (Å²) in [5.41, 5.74) is 2.95. The molecule has 1 fully saturated rings. The molecule has 0 saturated heterocycles. The van der Waals surface area contributed by atoms with Crippen LogP contribution in [0.25, 0.3) is 10.9 Å². The van der Waals surface area contributed by atoms with Crippen LogP contribution in [0.5, 0.6) is 0 Å². The minimum atomic E-state index is -0.0927. The molecule has 5 nitrogen and oxygen atoms in total. The van der Waals surface area contributed by atoms with Crippen molar-refractivity contribution in [2.75, 3.05) is 0 Å². The third-order valence-corrected chi connectivity index (χ3v) is 5.08. The van der Waals surface area contributed by atoms with E-state index >= 15 is 0 Å². The minimum Gasteiger partial charge on any atom is -0.335 e. The minimum absolute atomic E-state index is 0.0927. The SMILES string of the molecule is Cc1ccc(CN(C(=O)CCn2cnc3ccccc3c2=O)C2CC2)cc1. The van der Waals surface area contributed by atoms with Crippen LogP contribution in [0, 0.1) is 6.92 Å². The van der Waals surface area contributed by atoms with Crippen LogP contribution in [0.3, 0.4) is 0 Å². The van der Waals surface area contributed by atoms with Gasteiger partial charge in [0.1, 0.15) is 0 Å². The van der Waals surface area contributed by atoms with E-state index in [2.05, 4.69) is 36.2 Å². The third-order valence-electron chi connectivity index (χ3n) is 5.08. The Morgan fingerprint density at radius 1 is 1.15 bits per heavy atom. The molecule has 0 atom stereocenters. The van der Waals surface area contributed by atoms with Crippen molar-refractivity contribution in [3.63, 3.8) is 0 Å². The van der Waals surface area contributed by atoms with Crippen LogP contribution in [0.1, 0.15) is 30.4 Å². The standard InChI is InChI=1S/C22H23N3O2/c1-16-6-8-17(9-7-16)14-25(18-10-11-18)21(26)12-13-24-15-23-20-5-3-2-4-19(20)22(24)27/h2-9,15,18H,10-14H2,1H3. The maximum atomic E-state index is 12.8. The summed E-state index contributed by atoms with van der Waals surface area (Å²) in [6.45, 7) is 3.05. The summed E-state index contributed by atoms with van der Waals surface area (Å²) < 4.78 is 1.54. The van der Waals surface area contributed by atoms with Gasteiger partial charge in [-0.2, -0.15) is 0 Å². The van der Waals surface area contributed by atoms with Gasteiger partial charge in [-0.25, -0.2) is 4.98 Å². The maximum absolute atomic E-state index is 12.8. The van der Waals surface area contributed by atoms with Gasteiger partial charge in [0.2, 0.25) is 5.91 Å². The van der Waals surface area contributed by atoms with Gasteiger partial charge >= 0.3 is 0 Å². The molecule has 4 rings (SSSR count). The molecule has 0 spiro atoms. The normalized spacial score (nSPS) is 13.7. The number of carbonyl (C=O) groups is 1. The van der Waals surface area contributed by atoms with E-state index in [1.54, 1.807) is 12.4 Å². The van der Waals surface area contributed by atoms with E-state index in [1.165, 1.54) is 10.1 Å². The maximum Gasteiger partial charge on any atom is 0.261 e. The zero-order chi connectivity index (χ0) is 18.8. The Bertz CT molecular complexity index is 1020. The van der Waals surface area contributed by atoms with Crippen molar-refractivity contribution in [1.82, 2.24) is 14.5 Å². The molecule has 0 aliphatic heterocycles. The molecule has 27 heavy (non-hydrogen) atoms. The number of rotatable bonds is 6. The Morgan fingerprint density at radius 2 is 1.89 bits per heavy atom. The number of para-hydroxylation sites is 1. The van der Waals surface area contributed by atoms with Crippen LogP contribution in [-0.2, 0) is 17.9 Å². The lowest BCUT2D eigenvalue weighted by Crippen LogP contribution is -2.34. The van der Waals surface area contributed by atoms with E-state index < -0.39 is 0 Å². The fraction of sp³-hybridized carbons (Fsp3) is 0.318. The van der Waals surface area contributed by atoms with Gasteiger partial charge in [-0.05, 0) is 37.5 Å². The van der Waals surface area contributed by atoms with Crippen molar-refractivity contribution >= 4 is 16.8 Å². The molecule has 138 valence electrons. The summed E-state index contributed by atoms with van der Waals surface area (Å²) in [5, 5.41) is 0.589. The summed E-state index contributed by atoms with van der Waals surface area (Å²) >= 11 is 0. The number of amides is 1. The van der Waals surface area contributed by atoms with Crippen molar-refractivity contribution in [2.24, 2.45) is 0 Å².